The molecule has 0 aliphatic carbocycles. The Morgan fingerprint density at radius 3 is 2.43 bits per heavy atom. The topological polar surface area (TPSA) is 75.5 Å². The fourth-order valence-corrected chi connectivity index (χ4v) is 4.51. The van der Waals surface area contributed by atoms with Crippen LogP contribution < -0.4 is 10.7 Å². The number of nitrogens with one attached hydrogen (secondary N) is 2. The van der Waals surface area contributed by atoms with Crippen molar-refractivity contribution >= 4 is 40.5 Å². The smallest absolute Gasteiger partial charge is 0.262 e. The minimum absolute atomic E-state index is 0.142. The van der Waals surface area contributed by atoms with Crippen molar-refractivity contribution in [1.82, 2.24) is 15.3 Å². The van der Waals surface area contributed by atoms with Gasteiger partial charge in [0.1, 0.15) is 6.04 Å². The Labute approximate surface area is 222 Å². The molecule has 0 spiro atoms. The van der Waals surface area contributed by atoms with Crippen LogP contribution in [0.5, 0.6) is 0 Å². The van der Waals surface area contributed by atoms with Gasteiger partial charge in [-0.15, -0.1) is 0 Å². The Balaban J connectivity index is 1.52. The van der Waals surface area contributed by atoms with E-state index in [4.69, 9.17) is 11.6 Å². The standard InChI is InChI=1S/C30H31ClN4O2/c1-19(2)28(33-29(36)23-8-7-9-24(31)16-23)30(37)34-32-17-26-21(4)35(27-11-6-5-10-25(26)27)18-22-14-12-20(3)13-15-22/h5-17,19,28H,18H2,1-4H3,(H,33,36)(H,34,37). The number of halogens is 1. The van der Waals surface area contributed by atoms with Crippen LogP contribution in [0.15, 0.2) is 77.9 Å². The van der Waals surface area contributed by atoms with Crippen LogP contribution in [0.2, 0.25) is 5.02 Å². The number of carbonyl (C=O) groups excluding carboxylic acids is 2. The van der Waals surface area contributed by atoms with Crippen molar-refractivity contribution in [2.45, 2.75) is 40.3 Å². The molecule has 1 unspecified atom stereocenters. The summed E-state index contributed by atoms with van der Waals surface area (Å²) in [5, 5.41) is 8.58. The van der Waals surface area contributed by atoms with E-state index in [1.165, 1.54) is 11.1 Å². The van der Waals surface area contributed by atoms with Crippen molar-refractivity contribution < 1.29 is 9.59 Å². The van der Waals surface area contributed by atoms with Crippen molar-refractivity contribution in [3.8, 4) is 0 Å². The number of amides is 2. The van der Waals surface area contributed by atoms with Gasteiger partial charge in [0.15, 0.2) is 0 Å². The van der Waals surface area contributed by atoms with Gasteiger partial charge in [-0.05, 0) is 49.6 Å². The molecule has 2 amide bonds. The molecule has 1 atom stereocenters. The van der Waals surface area contributed by atoms with Crippen LogP contribution in [-0.4, -0.2) is 28.6 Å². The summed E-state index contributed by atoms with van der Waals surface area (Å²) >= 11 is 6.00. The lowest BCUT2D eigenvalue weighted by atomic mass is 10.0. The normalized spacial score (nSPS) is 12.3. The molecule has 190 valence electrons. The minimum Gasteiger partial charge on any atom is -0.340 e. The largest absolute Gasteiger partial charge is 0.340 e. The van der Waals surface area contributed by atoms with E-state index in [0.29, 0.717) is 10.6 Å². The molecule has 0 aliphatic heterocycles. The molecule has 1 heterocycles. The third kappa shape index (κ3) is 6.09. The summed E-state index contributed by atoms with van der Waals surface area (Å²) in [7, 11) is 0. The molecule has 37 heavy (non-hydrogen) atoms. The lowest BCUT2D eigenvalue weighted by Crippen LogP contribution is -2.48. The molecule has 0 saturated heterocycles. The Morgan fingerprint density at radius 1 is 1.00 bits per heavy atom. The molecule has 4 rings (SSSR count). The van der Waals surface area contributed by atoms with E-state index in [2.05, 4.69) is 70.7 Å². The maximum Gasteiger partial charge on any atom is 0.262 e. The Bertz CT molecular complexity index is 1450. The Hall–Kier alpha value is -3.90. The van der Waals surface area contributed by atoms with E-state index in [-0.39, 0.29) is 17.7 Å². The number of hydrogen-bond acceptors (Lipinski definition) is 3. The van der Waals surface area contributed by atoms with E-state index in [1.807, 2.05) is 26.0 Å². The molecule has 0 fully saturated rings. The highest BCUT2D eigenvalue weighted by atomic mass is 35.5. The van der Waals surface area contributed by atoms with Crippen molar-refractivity contribution in [3.63, 3.8) is 0 Å². The zero-order valence-corrected chi connectivity index (χ0v) is 22.2. The number of hydrazone groups is 1. The molecule has 7 heteroatoms. The van der Waals surface area contributed by atoms with Crippen molar-refractivity contribution in [1.29, 1.82) is 0 Å². The first kappa shape index (κ1) is 26.2. The van der Waals surface area contributed by atoms with Gasteiger partial charge in [0.05, 0.1) is 6.21 Å². The molecule has 0 saturated carbocycles. The van der Waals surface area contributed by atoms with E-state index >= 15 is 0 Å². The summed E-state index contributed by atoms with van der Waals surface area (Å²) in [5.74, 6) is -0.894. The maximum absolute atomic E-state index is 13.0. The van der Waals surface area contributed by atoms with Crippen LogP contribution in [0.4, 0.5) is 0 Å². The fraction of sp³-hybridized carbons (Fsp3) is 0.233. The number of rotatable bonds is 8. The van der Waals surface area contributed by atoms with Crippen LogP contribution in [0.1, 0.15) is 46.6 Å². The van der Waals surface area contributed by atoms with Gasteiger partial charge in [-0.25, -0.2) is 5.43 Å². The van der Waals surface area contributed by atoms with Gasteiger partial charge >= 0.3 is 0 Å². The van der Waals surface area contributed by atoms with Gasteiger partial charge in [-0.1, -0.05) is 79.5 Å². The Morgan fingerprint density at radius 2 is 1.73 bits per heavy atom. The summed E-state index contributed by atoms with van der Waals surface area (Å²) in [6.45, 7) is 8.61. The quantitative estimate of drug-likeness (QED) is 0.228. The van der Waals surface area contributed by atoms with Gasteiger partial charge in [0.2, 0.25) is 0 Å². The van der Waals surface area contributed by atoms with Crippen molar-refractivity contribution in [2.24, 2.45) is 11.0 Å². The van der Waals surface area contributed by atoms with Crippen molar-refractivity contribution in [2.75, 3.05) is 0 Å². The maximum atomic E-state index is 13.0. The summed E-state index contributed by atoms with van der Waals surface area (Å²) in [6, 6.07) is 22.5. The molecule has 0 bridgehead atoms. The number of nitrogens with zero attached hydrogens (tertiary/aromatic N) is 2. The van der Waals surface area contributed by atoms with Crippen LogP contribution in [0.25, 0.3) is 10.9 Å². The number of aryl methyl sites for hydroxylation is 1. The number of para-hydroxylation sites is 1. The number of carbonyl (C=O) groups is 2. The molecular weight excluding hydrogens is 484 g/mol. The summed E-state index contributed by atoms with van der Waals surface area (Å²) in [5.41, 5.74) is 8.54. The first-order valence-electron chi connectivity index (χ1n) is 12.3. The SMILES string of the molecule is Cc1ccc(Cn2c(C)c(C=NNC(=O)C(NC(=O)c3cccc(Cl)c3)C(C)C)c3ccccc32)cc1. The lowest BCUT2D eigenvalue weighted by Gasteiger charge is -2.20. The van der Waals surface area contributed by atoms with E-state index in [0.717, 1.165) is 28.7 Å². The zero-order chi connectivity index (χ0) is 26.5. The predicted molar refractivity (Wildman–Crippen MR) is 150 cm³/mol. The monoisotopic (exact) mass is 514 g/mol. The number of hydrogen-bond donors (Lipinski definition) is 2. The molecule has 0 radical (unpaired) electrons. The lowest BCUT2D eigenvalue weighted by molar-refractivity contribution is -0.123. The summed E-state index contributed by atoms with van der Waals surface area (Å²) in [6.07, 6.45) is 1.68. The number of benzene rings is 3. The van der Waals surface area contributed by atoms with Crippen LogP contribution in [0, 0.1) is 19.8 Å². The van der Waals surface area contributed by atoms with Crippen LogP contribution >= 0.6 is 11.6 Å². The van der Waals surface area contributed by atoms with Gasteiger partial charge in [-0.2, -0.15) is 5.10 Å². The average molecular weight is 515 g/mol. The highest BCUT2D eigenvalue weighted by Crippen LogP contribution is 2.25. The molecule has 0 aliphatic rings. The van der Waals surface area contributed by atoms with Crippen molar-refractivity contribution in [3.05, 3.63) is 106 Å². The predicted octanol–water partition coefficient (Wildman–Crippen LogP) is 5.86. The van der Waals surface area contributed by atoms with E-state index in [1.54, 1.807) is 30.5 Å². The summed E-state index contributed by atoms with van der Waals surface area (Å²) in [4.78, 5) is 25.6. The third-order valence-corrected chi connectivity index (χ3v) is 6.67. The van der Waals surface area contributed by atoms with E-state index in [9.17, 15) is 9.59 Å². The van der Waals surface area contributed by atoms with Crippen LogP contribution in [-0.2, 0) is 11.3 Å². The molecule has 4 aromatic rings. The first-order chi connectivity index (χ1) is 17.7. The molecule has 1 aromatic heterocycles. The van der Waals surface area contributed by atoms with Gasteiger partial charge < -0.3 is 9.88 Å². The zero-order valence-electron chi connectivity index (χ0n) is 21.5. The highest BCUT2D eigenvalue weighted by Gasteiger charge is 2.24. The second kappa shape index (κ2) is 11.4. The summed E-state index contributed by atoms with van der Waals surface area (Å²) < 4.78 is 2.26. The third-order valence-electron chi connectivity index (χ3n) is 6.43. The first-order valence-corrected chi connectivity index (χ1v) is 12.6. The minimum atomic E-state index is -0.757. The highest BCUT2D eigenvalue weighted by molar-refractivity contribution is 6.31. The van der Waals surface area contributed by atoms with Gasteiger partial charge in [0.25, 0.3) is 11.8 Å². The second-order valence-corrected chi connectivity index (χ2v) is 9.96. The molecule has 6 nitrogen and oxygen atoms in total. The molecule has 3 aromatic carbocycles. The van der Waals surface area contributed by atoms with Gasteiger partial charge in [-0.3, -0.25) is 9.59 Å². The average Bonchev–Trinajstić information content (AvgIpc) is 3.14. The molecular formula is C30H31ClN4O2. The van der Waals surface area contributed by atoms with E-state index < -0.39 is 6.04 Å². The Kier molecular flexibility index (Phi) is 8.09. The van der Waals surface area contributed by atoms with Crippen LogP contribution in [0.3, 0.4) is 0 Å². The van der Waals surface area contributed by atoms with Gasteiger partial charge in [0, 0.05) is 39.3 Å². The number of fused-ring (bicyclic) bond motifs is 1. The second-order valence-electron chi connectivity index (χ2n) is 9.53. The fourth-order valence-electron chi connectivity index (χ4n) is 4.32. The molecule has 2 N–H and O–H groups in total. The number of aromatic nitrogens is 1.